The first-order chi connectivity index (χ1) is 14.0. The van der Waals surface area contributed by atoms with Gasteiger partial charge in [-0.2, -0.15) is 9.97 Å². The first-order valence-electron chi connectivity index (χ1n) is 9.44. The summed E-state index contributed by atoms with van der Waals surface area (Å²) >= 11 is 0. The normalized spacial score (nSPS) is 12.6. The molecule has 1 aromatic carbocycles. The molecule has 0 bridgehead atoms. The second kappa shape index (κ2) is 9.22. The molecule has 154 valence electrons. The number of nitrogens with two attached hydrogens (primary N) is 1. The van der Waals surface area contributed by atoms with Gasteiger partial charge in [0.25, 0.3) is 0 Å². The van der Waals surface area contributed by atoms with Crippen molar-refractivity contribution in [1.82, 2.24) is 9.97 Å². The Morgan fingerprint density at radius 3 is 2.62 bits per heavy atom. The minimum atomic E-state index is -0.412. The number of aromatic nitrogens is 2. The van der Waals surface area contributed by atoms with Crippen molar-refractivity contribution in [2.24, 2.45) is 0 Å². The molecule has 0 spiro atoms. The number of fused-ring (bicyclic) bond motifs is 1. The molecule has 3 rings (SSSR count). The van der Waals surface area contributed by atoms with Crippen molar-refractivity contribution < 1.29 is 23.8 Å². The van der Waals surface area contributed by atoms with Crippen molar-refractivity contribution >= 4 is 23.5 Å². The van der Waals surface area contributed by atoms with E-state index in [4.69, 9.17) is 15.2 Å². The molecule has 2 aromatic rings. The molecular formula is C20H24N4O5. The molecule has 0 saturated heterocycles. The molecule has 0 fully saturated rings. The number of carbonyl (C=O) groups excluding carboxylic acids is 2. The molecule has 0 aliphatic carbocycles. The van der Waals surface area contributed by atoms with Gasteiger partial charge < -0.3 is 19.9 Å². The molecule has 29 heavy (non-hydrogen) atoms. The van der Waals surface area contributed by atoms with E-state index in [2.05, 4.69) is 21.6 Å². The van der Waals surface area contributed by atoms with Crippen molar-refractivity contribution in [3.63, 3.8) is 0 Å². The van der Waals surface area contributed by atoms with Crippen LogP contribution in [0.2, 0.25) is 0 Å². The summed E-state index contributed by atoms with van der Waals surface area (Å²) < 4.78 is 15.9. The van der Waals surface area contributed by atoms with Crippen LogP contribution in [0.25, 0.3) is 0 Å². The molecule has 2 heterocycles. The van der Waals surface area contributed by atoms with Crippen molar-refractivity contribution in [3.8, 4) is 11.8 Å². The Labute approximate surface area is 168 Å². The number of nitrogens with zero attached hydrogens (tertiary/aromatic N) is 3. The van der Waals surface area contributed by atoms with Gasteiger partial charge in [-0.15, -0.1) is 0 Å². The minimum absolute atomic E-state index is 0.114. The average Bonchev–Trinajstić information content (AvgIpc) is 3.04. The van der Waals surface area contributed by atoms with Crippen LogP contribution in [0, 0.1) is 0 Å². The third kappa shape index (κ3) is 4.74. The molecule has 9 heteroatoms. The summed E-state index contributed by atoms with van der Waals surface area (Å²) in [7, 11) is 1.33. The molecule has 1 aromatic heterocycles. The first kappa shape index (κ1) is 20.4. The number of ether oxygens (including phenoxy) is 3. The number of rotatable bonds is 9. The van der Waals surface area contributed by atoms with Crippen LogP contribution in [-0.4, -0.2) is 48.7 Å². The van der Waals surface area contributed by atoms with E-state index in [0.29, 0.717) is 35.8 Å². The lowest BCUT2D eigenvalue weighted by atomic mass is 10.2. The Bertz CT molecular complexity index is 885. The molecule has 1 amide bonds. The lowest BCUT2D eigenvalue weighted by Gasteiger charge is -2.17. The van der Waals surface area contributed by atoms with Gasteiger partial charge in [0.05, 0.1) is 32.2 Å². The van der Waals surface area contributed by atoms with Crippen molar-refractivity contribution in [1.29, 1.82) is 0 Å². The fourth-order valence-electron chi connectivity index (χ4n) is 2.89. The SMILES string of the molecule is CCCCOc1nc(N)c2c(n1)N(CCOc1ccc(C(=O)OC)cc1)C(=O)C2. The van der Waals surface area contributed by atoms with Gasteiger partial charge in [0.1, 0.15) is 24.0 Å². The largest absolute Gasteiger partial charge is 0.492 e. The van der Waals surface area contributed by atoms with Crippen LogP contribution in [0.3, 0.4) is 0 Å². The van der Waals surface area contributed by atoms with Gasteiger partial charge >= 0.3 is 12.0 Å². The average molecular weight is 400 g/mol. The van der Waals surface area contributed by atoms with Gasteiger partial charge in [0.15, 0.2) is 0 Å². The van der Waals surface area contributed by atoms with Crippen LogP contribution in [0.5, 0.6) is 11.8 Å². The molecule has 1 aliphatic heterocycles. The van der Waals surface area contributed by atoms with E-state index in [1.807, 2.05) is 0 Å². The van der Waals surface area contributed by atoms with Crippen LogP contribution in [-0.2, 0) is 16.0 Å². The summed E-state index contributed by atoms with van der Waals surface area (Å²) in [6.07, 6.45) is 2.03. The number of nitrogen functional groups attached to an aromatic ring is 1. The second-order valence-electron chi connectivity index (χ2n) is 6.48. The van der Waals surface area contributed by atoms with E-state index < -0.39 is 5.97 Å². The maximum Gasteiger partial charge on any atom is 0.337 e. The Kier molecular flexibility index (Phi) is 6.48. The molecule has 0 radical (unpaired) electrons. The van der Waals surface area contributed by atoms with Gasteiger partial charge in [-0.3, -0.25) is 9.69 Å². The zero-order chi connectivity index (χ0) is 20.8. The van der Waals surface area contributed by atoms with Gasteiger partial charge in [-0.1, -0.05) is 13.3 Å². The predicted octanol–water partition coefficient (Wildman–Crippen LogP) is 1.99. The maximum atomic E-state index is 12.4. The van der Waals surface area contributed by atoms with E-state index in [-0.39, 0.29) is 30.8 Å². The van der Waals surface area contributed by atoms with Gasteiger partial charge in [-0.25, -0.2) is 4.79 Å². The standard InChI is InChI=1S/C20H24N4O5/c1-3-4-10-29-20-22-17(21)15-12-16(25)24(18(15)23-20)9-11-28-14-7-5-13(6-8-14)19(26)27-2/h5-8H,3-4,9-12H2,1-2H3,(H2,21,22,23). The van der Waals surface area contributed by atoms with E-state index in [1.54, 1.807) is 24.3 Å². The second-order valence-corrected chi connectivity index (χ2v) is 6.48. The third-order valence-electron chi connectivity index (χ3n) is 4.47. The smallest absolute Gasteiger partial charge is 0.337 e. The summed E-state index contributed by atoms with van der Waals surface area (Å²) in [6, 6.07) is 6.75. The van der Waals surface area contributed by atoms with Crippen LogP contribution >= 0.6 is 0 Å². The fraction of sp³-hybridized carbons (Fsp3) is 0.400. The Hall–Kier alpha value is -3.36. The monoisotopic (exact) mass is 400 g/mol. The Morgan fingerprint density at radius 2 is 1.93 bits per heavy atom. The maximum absolute atomic E-state index is 12.4. The quantitative estimate of drug-likeness (QED) is 0.502. The van der Waals surface area contributed by atoms with E-state index in [9.17, 15) is 9.59 Å². The molecule has 0 saturated carbocycles. The number of unbranched alkanes of at least 4 members (excludes halogenated alkanes) is 1. The van der Waals surface area contributed by atoms with E-state index in [0.717, 1.165) is 12.8 Å². The number of hydrogen-bond donors (Lipinski definition) is 1. The van der Waals surface area contributed by atoms with E-state index in [1.165, 1.54) is 12.0 Å². The predicted molar refractivity (Wildman–Crippen MR) is 106 cm³/mol. The van der Waals surface area contributed by atoms with Gasteiger partial charge in [-0.05, 0) is 30.7 Å². The van der Waals surface area contributed by atoms with Crippen molar-refractivity contribution in [3.05, 3.63) is 35.4 Å². The third-order valence-corrected chi connectivity index (χ3v) is 4.47. The van der Waals surface area contributed by atoms with Crippen LogP contribution < -0.4 is 20.1 Å². The van der Waals surface area contributed by atoms with Gasteiger partial charge in [0.2, 0.25) is 5.91 Å². The summed E-state index contributed by atoms with van der Waals surface area (Å²) in [5.41, 5.74) is 7.04. The van der Waals surface area contributed by atoms with Crippen LogP contribution in [0.1, 0.15) is 35.7 Å². The van der Waals surface area contributed by atoms with Crippen molar-refractivity contribution in [2.45, 2.75) is 26.2 Å². The molecular weight excluding hydrogens is 376 g/mol. The molecule has 9 nitrogen and oxygen atoms in total. The van der Waals surface area contributed by atoms with Crippen LogP contribution in [0.4, 0.5) is 11.6 Å². The lowest BCUT2D eigenvalue weighted by Crippen LogP contribution is -2.31. The minimum Gasteiger partial charge on any atom is -0.492 e. The number of hydrogen-bond acceptors (Lipinski definition) is 8. The lowest BCUT2D eigenvalue weighted by molar-refractivity contribution is -0.117. The highest BCUT2D eigenvalue weighted by Crippen LogP contribution is 2.31. The van der Waals surface area contributed by atoms with Gasteiger partial charge in [0, 0.05) is 5.56 Å². The number of benzene rings is 1. The molecule has 1 aliphatic rings. The highest BCUT2D eigenvalue weighted by molar-refractivity contribution is 6.01. The van der Waals surface area contributed by atoms with Crippen molar-refractivity contribution in [2.75, 3.05) is 37.5 Å². The zero-order valence-electron chi connectivity index (χ0n) is 16.5. The fourth-order valence-corrected chi connectivity index (χ4v) is 2.89. The summed E-state index contributed by atoms with van der Waals surface area (Å²) in [4.78, 5) is 33.9. The zero-order valence-corrected chi connectivity index (χ0v) is 16.5. The number of amides is 1. The number of carbonyl (C=O) groups is 2. The highest BCUT2D eigenvalue weighted by Gasteiger charge is 2.32. The number of anilines is 2. The van der Waals surface area contributed by atoms with Crippen LogP contribution in [0.15, 0.2) is 24.3 Å². The highest BCUT2D eigenvalue weighted by atomic mass is 16.5. The molecule has 0 atom stereocenters. The summed E-state index contributed by atoms with van der Waals surface area (Å²) in [5, 5.41) is 0. The first-order valence-corrected chi connectivity index (χ1v) is 9.44. The Balaban J connectivity index is 1.63. The molecule has 2 N–H and O–H groups in total. The molecule has 0 unspecified atom stereocenters. The summed E-state index contributed by atoms with van der Waals surface area (Å²) in [5.74, 6) is 0.784. The number of esters is 1. The number of methoxy groups -OCH3 is 1. The van der Waals surface area contributed by atoms with E-state index >= 15 is 0 Å². The topological polar surface area (TPSA) is 117 Å². The summed E-state index contributed by atoms with van der Waals surface area (Å²) in [6.45, 7) is 3.10. The Morgan fingerprint density at radius 1 is 1.17 bits per heavy atom.